The van der Waals surface area contributed by atoms with Crippen LogP contribution in [-0.2, 0) is 12.0 Å². The van der Waals surface area contributed by atoms with E-state index in [1.54, 1.807) is 0 Å². The summed E-state index contributed by atoms with van der Waals surface area (Å²) in [4.78, 5) is 8.04. The Bertz CT molecular complexity index is 783. The van der Waals surface area contributed by atoms with E-state index in [1.807, 2.05) is 6.92 Å². The predicted molar refractivity (Wildman–Crippen MR) is 102 cm³/mol. The Morgan fingerprint density at radius 1 is 1.26 bits per heavy atom. The highest BCUT2D eigenvalue weighted by Gasteiger charge is 2.35. The molecule has 1 saturated heterocycles. The Morgan fingerprint density at radius 3 is 2.81 bits per heavy atom. The third kappa shape index (κ3) is 4.83. The summed E-state index contributed by atoms with van der Waals surface area (Å²) in [6.45, 7) is 7.31. The minimum Gasteiger partial charge on any atom is -0.493 e. The Morgan fingerprint density at radius 2 is 2.07 bits per heavy atom. The lowest BCUT2D eigenvalue weighted by Crippen LogP contribution is -2.29. The molecule has 148 valence electrons. The zero-order chi connectivity index (χ0) is 19.4. The van der Waals surface area contributed by atoms with Gasteiger partial charge in [0, 0.05) is 23.9 Å². The highest BCUT2D eigenvalue weighted by molar-refractivity contribution is 7.11. The van der Waals surface area contributed by atoms with E-state index in [2.05, 4.69) is 16.8 Å². The summed E-state index contributed by atoms with van der Waals surface area (Å²) in [5.74, 6) is -1.50. The van der Waals surface area contributed by atoms with Gasteiger partial charge in [-0.05, 0) is 51.4 Å². The molecule has 27 heavy (non-hydrogen) atoms. The fraction of sp³-hybridized carbons (Fsp3) is 0.550. The number of aryl methyl sites for hydroxylation is 1. The Hall–Kier alpha value is -1.57. The Balaban J connectivity index is 1.62. The second-order valence-corrected chi connectivity index (χ2v) is 8.11. The molecule has 0 bridgehead atoms. The Kier molecular flexibility index (Phi) is 6.44. The SMILES string of the molecule is CCN1CCCC(O)(c2nc(C)c(CCOc3ccc(F)c(F)c3)s2)CC1. The Labute approximate surface area is 162 Å². The number of ether oxygens (including phenoxy) is 1. The topological polar surface area (TPSA) is 45.6 Å². The van der Waals surface area contributed by atoms with Crippen LogP contribution in [0.3, 0.4) is 0 Å². The van der Waals surface area contributed by atoms with Gasteiger partial charge >= 0.3 is 0 Å². The minimum atomic E-state index is -0.916. The van der Waals surface area contributed by atoms with Crippen LogP contribution >= 0.6 is 11.3 Å². The fourth-order valence-corrected chi connectivity index (χ4v) is 4.58. The molecule has 0 saturated carbocycles. The van der Waals surface area contributed by atoms with Crippen molar-refractivity contribution in [3.8, 4) is 5.75 Å². The van der Waals surface area contributed by atoms with E-state index < -0.39 is 17.2 Å². The molecule has 1 atom stereocenters. The average molecular weight is 397 g/mol. The molecular weight excluding hydrogens is 370 g/mol. The van der Waals surface area contributed by atoms with Crippen molar-refractivity contribution >= 4 is 11.3 Å². The van der Waals surface area contributed by atoms with Gasteiger partial charge < -0.3 is 14.7 Å². The van der Waals surface area contributed by atoms with E-state index in [0.29, 0.717) is 25.2 Å². The van der Waals surface area contributed by atoms with Gasteiger partial charge in [-0.2, -0.15) is 0 Å². The number of aliphatic hydroxyl groups is 1. The third-order valence-electron chi connectivity index (χ3n) is 5.13. The van der Waals surface area contributed by atoms with Gasteiger partial charge in [0.15, 0.2) is 11.6 Å². The first kappa shape index (κ1) is 20.2. The molecule has 0 radical (unpaired) electrons. The number of likely N-dealkylation sites (tertiary alicyclic amines) is 1. The molecule has 1 aliphatic heterocycles. The van der Waals surface area contributed by atoms with Crippen molar-refractivity contribution in [2.24, 2.45) is 0 Å². The lowest BCUT2D eigenvalue weighted by atomic mass is 9.96. The maximum Gasteiger partial charge on any atom is 0.162 e. The highest BCUT2D eigenvalue weighted by Crippen LogP contribution is 2.36. The van der Waals surface area contributed by atoms with Crippen LogP contribution in [0.25, 0.3) is 0 Å². The summed E-state index contributed by atoms with van der Waals surface area (Å²) in [7, 11) is 0. The number of hydrogen-bond donors (Lipinski definition) is 1. The molecule has 1 N–H and O–H groups in total. The number of aromatic nitrogens is 1. The first-order chi connectivity index (χ1) is 12.9. The van der Waals surface area contributed by atoms with Crippen LogP contribution in [0.15, 0.2) is 18.2 Å². The van der Waals surface area contributed by atoms with Gasteiger partial charge in [0.05, 0.1) is 12.3 Å². The molecule has 0 spiro atoms. The average Bonchev–Trinajstić information content (AvgIpc) is 2.90. The highest BCUT2D eigenvalue weighted by atomic mass is 32.1. The summed E-state index contributed by atoms with van der Waals surface area (Å²) in [6, 6.07) is 3.52. The van der Waals surface area contributed by atoms with Crippen LogP contribution in [-0.4, -0.2) is 41.2 Å². The number of benzene rings is 1. The quantitative estimate of drug-likeness (QED) is 0.800. The first-order valence-electron chi connectivity index (χ1n) is 9.40. The van der Waals surface area contributed by atoms with Gasteiger partial charge in [0.1, 0.15) is 16.4 Å². The van der Waals surface area contributed by atoms with Crippen LogP contribution < -0.4 is 4.74 Å². The van der Waals surface area contributed by atoms with Gasteiger partial charge in [0.2, 0.25) is 0 Å². The predicted octanol–water partition coefficient (Wildman–Crippen LogP) is 4.04. The molecule has 1 fully saturated rings. The van der Waals surface area contributed by atoms with E-state index in [0.717, 1.165) is 60.2 Å². The second-order valence-electron chi connectivity index (χ2n) is 7.02. The van der Waals surface area contributed by atoms with Gasteiger partial charge in [-0.3, -0.25) is 0 Å². The van der Waals surface area contributed by atoms with Crippen molar-refractivity contribution in [3.63, 3.8) is 0 Å². The van der Waals surface area contributed by atoms with E-state index in [4.69, 9.17) is 4.74 Å². The van der Waals surface area contributed by atoms with Gasteiger partial charge in [-0.15, -0.1) is 11.3 Å². The molecular formula is C20H26F2N2O2S. The molecule has 7 heteroatoms. The zero-order valence-electron chi connectivity index (χ0n) is 15.8. The monoisotopic (exact) mass is 396 g/mol. The van der Waals surface area contributed by atoms with Gasteiger partial charge in [0.25, 0.3) is 0 Å². The van der Waals surface area contributed by atoms with Crippen LogP contribution in [0.2, 0.25) is 0 Å². The van der Waals surface area contributed by atoms with Crippen LogP contribution in [0, 0.1) is 18.6 Å². The van der Waals surface area contributed by atoms with Crippen molar-refractivity contribution < 1.29 is 18.6 Å². The summed E-state index contributed by atoms with van der Waals surface area (Å²) < 4.78 is 31.7. The molecule has 0 amide bonds. The molecule has 1 aromatic carbocycles. The van der Waals surface area contributed by atoms with E-state index >= 15 is 0 Å². The lowest BCUT2D eigenvalue weighted by Gasteiger charge is -2.24. The number of halogens is 2. The van der Waals surface area contributed by atoms with Crippen molar-refractivity contribution in [2.75, 3.05) is 26.2 Å². The van der Waals surface area contributed by atoms with E-state index in [1.165, 1.54) is 17.4 Å². The van der Waals surface area contributed by atoms with Crippen molar-refractivity contribution in [1.82, 2.24) is 9.88 Å². The van der Waals surface area contributed by atoms with Crippen LogP contribution in [0.5, 0.6) is 5.75 Å². The summed E-state index contributed by atoms with van der Waals surface area (Å²) >= 11 is 1.53. The van der Waals surface area contributed by atoms with Crippen molar-refractivity contribution in [1.29, 1.82) is 0 Å². The summed E-state index contributed by atoms with van der Waals surface area (Å²) in [5, 5.41) is 11.9. The second kappa shape index (κ2) is 8.63. The molecule has 2 aromatic rings. The summed E-state index contributed by atoms with van der Waals surface area (Å²) in [5.41, 5.74) is 0.0346. The van der Waals surface area contributed by atoms with Crippen molar-refractivity contribution in [2.45, 2.75) is 45.1 Å². The number of hydrogen-bond acceptors (Lipinski definition) is 5. The van der Waals surface area contributed by atoms with Gasteiger partial charge in [-0.25, -0.2) is 13.8 Å². The maximum absolute atomic E-state index is 13.2. The van der Waals surface area contributed by atoms with Gasteiger partial charge in [-0.1, -0.05) is 6.92 Å². The van der Waals surface area contributed by atoms with Crippen molar-refractivity contribution in [3.05, 3.63) is 45.4 Å². The van der Waals surface area contributed by atoms with E-state index in [-0.39, 0.29) is 0 Å². The lowest BCUT2D eigenvalue weighted by molar-refractivity contribution is 0.0210. The molecule has 1 aromatic heterocycles. The molecule has 2 heterocycles. The molecule has 4 nitrogen and oxygen atoms in total. The van der Waals surface area contributed by atoms with Crippen LogP contribution in [0.1, 0.15) is 41.8 Å². The minimum absolute atomic E-state index is 0.304. The summed E-state index contributed by atoms with van der Waals surface area (Å²) in [6.07, 6.45) is 2.98. The molecule has 0 aliphatic carbocycles. The fourth-order valence-electron chi connectivity index (χ4n) is 3.39. The van der Waals surface area contributed by atoms with E-state index in [9.17, 15) is 13.9 Å². The maximum atomic E-state index is 13.2. The number of rotatable bonds is 6. The van der Waals surface area contributed by atoms with Crippen LogP contribution in [0.4, 0.5) is 8.78 Å². The number of nitrogens with zero attached hydrogens (tertiary/aromatic N) is 2. The normalized spacial score (nSPS) is 21.2. The standard InChI is InChI=1S/C20H26F2N2O2S/c1-3-24-10-4-8-20(25,9-11-24)19-23-14(2)18(27-19)7-12-26-15-5-6-16(21)17(22)13-15/h5-6,13,25H,3-4,7-12H2,1-2H3. The third-order valence-corrected chi connectivity index (χ3v) is 6.54. The molecule has 1 aliphatic rings. The molecule has 3 rings (SSSR count). The molecule has 1 unspecified atom stereocenters. The largest absolute Gasteiger partial charge is 0.493 e. The first-order valence-corrected chi connectivity index (χ1v) is 10.2. The zero-order valence-corrected chi connectivity index (χ0v) is 16.6. The number of thiazole rings is 1. The smallest absolute Gasteiger partial charge is 0.162 e.